The highest BCUT2D eigenvalue weighted by Gasteiger charge is 2.45. The zero-order chi connectivity index (χ0) is 16.7. The third-order valence-corrected chi connectivity index (χ3v) is 6.32. The first-order valence-corrected chi connectivity index (χ1v) is 8.40. The van der Waals surface area contributed by atoms with Gasteiger partial charge in [-0.2, -0.15) is 9.57 Å². The number of hydrogen-bond donors (Lipinski definition) is 1. The second-order valence-electron chi connectivity index (χ2n) is 6.48. The van der Waals surface area contributed by atoms with Crippen LogP contribution in [0.15, 0.2) is 18.2 Å². The molecule has 2 atom stereocenters. The molecule has 1 heterocycles. The highest BCUT2D eigenvalue weighted by Crippen LogP contribution is 2.38. The lowest BCUT2D eigenvalue weighted by Crippen LogP contribution is -2.43. The van der Waals surface area contributed by atoms with Crippen LogP contribution in [-0.2, 0) is 10.0 Å². The van der Waals surface area contributed by atoms with E-state index in [1.165, 1.54) is 16.4 Å². The Kier molecular flexibility index (Phi) is 4.30. The van der Waals surface area contributed by atoms with Crippen molar-refractivity contribution in [3.63, 3.8) is 0 Å². The molecule has 1 fully saturated rings. The van der Waals surface area contributed by atoms with Gasteiger partial charge in [-0.15, -0.1) is 0 Å². The van der Waals surface area contributed by atoms with Gasteiger partial charge in [0.25, 0.3) is 0 Å². The minimum absolute atomic E-state index is 0.0251. The van der Waals surface area contributed by atoms with Crippen LogP contribution < -0.4 is 0 Å². The van der Waals surface area contributed by atoms with Gasteiger partial charge in [0.05, 0.1) is 28.5 Å². The number of β-amino-alcohol motifs (C(OH)–C–C–N with tert-alkyl or cyclic N) is 1. The molecule has 1 unspecified atom stereocenters. The fourth-order valence-electron chi connectivity index (χ4n) is 2.57. The summed E-state index contributed by atoms with van der Waals surface area (Å²) in [5.74, 6) is -0.594. The lowest BCUT2D eigenvalue weighted by molar-refractivity contribution is 0.188. The van der Waals surface area contributed by atoms with Crippen molar-refractivity contribution in [2.75, 3.05) is 6.54 Å². The summed E-state index contributed by atoms with van der Waals surface area (Å²) >= 11 is 0. The normalized spacial score (nSPS) is 23.5. The fourth-order valence-corrected chi connectivity index (χ4v) is 4.19. The molecule has 1 aliphatic rings. The Bertz CT molecular complexity index is 719. The maximum absolute atomic E-state index is 13.6. The molecule has 120 valence electrons. The van der Waals surface area contributed by atoms with E-state index < -0.39 is 32.7 Å². The van der Waals surface area contributed by atoms with Crippen LogP contribution >= 0.6 is 0 Å². The summed E-state index contributed by atoms with van der Waals surface area (Å²) in [6.07, 6.45) is -0.625. The van der Waals surface area contributed by atoms with Gasteiger partial charge in [-0.1, -0.05) is 0 Å². The van der Waals surface area contributed by atoms with Crippen LogP contribution in [0.2, 0.25) is 0 Å². The zero-order valence-electron chi connectivity index (χ0n) is 12.7. The SMILES string of the molecule is CC(C)(C)S(=O)(=O)N1C[C@H](O)CC1c1cc(F)cc(C#N)c1. The molecule has 7 heteroatoms. The van der Waals surface area contributed by atoms with Gasteiger partial charge in [0.15, 0.2) is 0 Å². The summed E-state index contributed by atoms with van der Waals surface area (Å²) in [6.45, 7) is 4.71. The van der Waals surface area contributed by atoms with Gasteiger partial charge < -0.3 is 5.11 Å². The number of aliphatic hydroxyl groups excluding tert-OH is 1. The highest BCUT2D eigenvalue weighted by atomic mass is 32.2. The molecule has 1 aromatic carbocycles. The Labute approximate surface area is 130 Å². The van der Waals surface area contributed by atoms with Crippen molar-refractivity contribution in [3.8, 4) is 6.07 Å². The molecule has 0 bridgehead atoms. The molecule has 0 spiro atoms. The smallest absolute Gasteiger partial charge is 0.219 e. The number of rotatable bonds is 2. The second-order valence-corrected chi connectivity index (χ2v) is 9.12. The van der Waals surface area contributed by atoms with Crippen molar-refractivity contribution >= 4 is 10.0 Å². The van der Waals surface area contributed by atoms with E-state index in [9.17, 15) is 17.9 Å². The molecule has 0 radical (unpaired) electrons. The number of aliphatic hydroxyl groups is 1. The topological polar surface area (TPSA) is 81.4 Å². The van der Waals surface area contributed by atoms with Crippen molar-refractivity contribution in [2.45, 2.75) is 44.1 Å². The molecule has 1 aromatic rings. The third kappa shape index (κ3) is 3.00. The number of nitrogens with zero attached hydrogens (tertiary/aromatic N) is 2. The van der Waals surface area contributed by atoms with Crippen molar-refractivity contribution < 1.29 is 17.9 Å². The minimum Gasteiger partial charge on any atom is -0.392 e. The van der Waals surface area contributed by atoms with Gasteiger partial charge in [0.1, 0.15) is 5.82 Å². The van der Waals surface area contributed by atoms with E-state index in [2.05, 4.69) is 0 Å². The average molecular weight is 326 g/mol. The maximum Gasteiger partial charge on any atom is 0.219 e. The standard InChI is InChI=1S/C15H19FN2O3S/c1-15(2,3)22(20,21)18-9-13(19)7-14(18)11-4-10(8-17)5-12(16)6-11/h4-6,13-14,19H,7,9H2,1-3H3/t13-,14?/m1/s1. The first kappa shape index (κ1) is 16.9. The van der Waals surface area contributed by atoms with E-state index in [0.29, 0.717) is 5.56 Å². The molecule has 0 amide bonds. The second kappa shape index (κ2) is 5.61. The van der Waals surface area contributed by atoms with E-state index in [-0.39, 0.29) is 18.5 Å². The van der Waals surface area contributed by atoms with Crippen molar-refractivity contribution in [1.29, 1.82) is 5.26 Å². The number of nitriles is 1. The van der Waals surface area contributed by atoms with Gasteiger partial charge >= 0.3 is 0 Å². The highest BCUT2D eigenvalue weighted by molar-refractivity contribution is 7.90. The molecule has 0 saturated carbocycles. The summed E-state index contributed by atoms with van der Waals surface area (Å²) in [4.78, 5) is 0. The molecule has 0 aromatic heterocycles. The minimum atomic E-state index is -3.67. The average Bonchev–Trinajstić information content (AvgIpc) is 2.79. The Hall–Kier alpha value is -1.49. The van der Waals surface area contributed by atoms with Gasteiger partial charge in [-0.25, -0.2) is 12.8 Å². The van der Waals surface area contributed by atoms with E-state index in [1.54, 1.807) is 20.8 Å². The van der Waals surface area contributed by atoms with Crippen molar-refractivity contribution in [3.05, 3.63) is 35.1 Å². The molecule has 5 nitrogen and oxygen atoms in total. The number of benzene rings is 1. The quantitative estimate of drug-likeness (QED) is 0.900. The van der Waals surface area contributed by atoms with Gasteiger partial charge in [0.2, 0.25) is 10.0 Å². The zero-order valence-corrected chi connectivity index (χ0v) is 13.6. The molecule has 0 aliphatic carbocycles. The number of sulfonamides is 1. The summed E-state index contributed by atoms with van der Waals surface area (Å²) in [7, 11) is -3.67. The van der Waals surface area contributed by atoms with Gasteiger partial charge in [-0.3, -0.25) is 0 Å². The van der Waals surface area contributed by atoms with Crippen LogP contribution in [0.3, 0.4) is 0 Å². The van der Waals surface area contributed by atoms with Crippen molar-refractivity contribution in [1.82, 2.24) is 4.31 Å². The first-order valence-electron chi connectivity index (χ1n) is 6.96. The van der Waals surface area contributed by atoms with Crippen molar-refractivity contribution in [2.24, 2.45) is 0 Å². The predicted octanol–water partition coefficient (Wildman–Crippen LogP) is 1.93. The van der Waals surface area contributed by atoms with Gasteiger partial charge in [0, 0.05) is 6.54 Å². The number of halogens is 1. The summed E-state index contributed by atoms with van der Waals surface area (Å²) in [6, 6.07) is 4.97. The van der Waals surface area contributed by atoms with Crippen LogP contribution in [0.1, 0.15) is 44.4 Å². The van der Waals surface area contributed by atoms with E-state index in [0.717, 1.165) is 6.07 Å². The maximum atomic E-state index is 13.6. The largest absolute Gasteiger partial charge is 0.392 e. The van der Waals surface area contributed by atoms with Crippen LogP contribution in [0, 0.1) is 17.1 Å². The lowest BCUT2D eigenvalue weighted by Gasteiger charge is -2.31. The summed E-state index contributed by atoms with van der Waals surface area (Å²) in [5.41, 5.74) is 0.519. The Morgan fingerprint density at radius 2 is 2.00 bits per heavy atom. The molecule has 2 rings (SSSR count). The number of hydrogen-bond acceptors (Lipinski definition) is 4. The Balaban J connectivity index is 2.50. The summed E-state index contributed by atoms with van der Waals surface area (Å²) < 4.78 is 39.2. The van der Waals surface area contributed by atoms with Crippen LogP contribution in [-0.4, -0.2) is 35.2 Å². The van der Waals surface area contributed by atoms with Gasteiger partial charge in [-0.05, 0) is 51.0 Å². The van der Waals surface area contributed by atoms with E-state index in [1.807, 2.05) is 6.07 Å². The van der Waals surface area contributed by atoms with Crippen LogP contribution in [0.4, 0.5) is 4.39 Å². The predicted molar refractivity (Wildman–Crippen MR) is 79.9 cm³/mol. The third-order valence-electron chi connectivity index (χ3n) is 3.75. The Morgan fingerprint density at radius 3 is 2.55 bits per heavy atom. The van der Waals surface area contributed by atoms with E-state index in [4.69, 9.17) is 5.26 Å². The monoisotopic (exact) mass is 326 g/mol. The summed E-state index contributed by atoms with van der Waals surface area (Å²) in [5, 5.41) is 18.8. The lowest BCUT2D eigenvalue weighted by atomic mass is 10.0. The molecular weight excluding hydrogens is 307 g/mol. The van der Waals surface area contributed by atoms with E-state index >= 15 is 0 Å². The molecule has 1 aliphatic heterocycles. The molecular formula is C15H19FN2O3S. The first-order chi connectivity index (χ1) is 10.1. The Morgan fingerprint density at radius 1 is 1.36 bits per heavy atom. The van der Waals surface area contributed by atoms with Crippen LogP contribution in [0.25, 0.3) is 0 Å². The fraction of sp³-hybridized carbons (Fsp3) is 0.533. The molecule has 22 heavy (non-hydrogen) atoms. The van der Waals surface area contributed by atoms with Crippen LogP contribution in [0.5, 0.6) is 0 Å². The molecule has 1 N–H and O–H groups in total. The molecule has 1 saturated heterocycles.